The number of aryl methyl sites for hydroxylation is 2. The lowest BCUT2D eigenvalue weighted by atomic mass is 10.1. The van der Waals surface area contributed by atoms with Gasteiger partial charge in [0.2, 0.25) is 0 Å². The first kappa shape index (κ1) is 13.4. The maximum Gasteiger partial charge on any atom is 0.343 e. The van der Waals surface area contributed by atoms with Crippen LogP contribution in [-0.2, 0) is 11.8 Å². The molecule has 0 aliphatic carbocycles. The summed E-state index contributed by atoms with van der Waals surface area (Å²) in [5.74, 6) is -0.478. The number of esters is 1. The van der Waals surface area contributed by atoms with Gasteiger partial charge in [-0.05, 0) is 26.0 Å². The molecule has 6 heteroatoms. The van der Waals surface area contributed by atoms with Crippen molar-refractivity contribution in [2.45, 2.75) is 13.8 Å². The smallest absolute Gasteiger partial charge is 0.343 e. The minimum absolute atomic E-state index is 0.160. The Hall–Kier alpha value is -2.63. The Balaban J connectivity index is 2.44. The molecule has 0 fully saturated rings. The average molecular weight is 285 g/mol. The fourth-order valence-electron chi connectivity index (χ4n) is 2.48. The number of hydrogen-bond donors (Lipinski definition) is 0. The number of carbonyl (C=O) groups excluding carboxylic acids is 1. The van der Waals surface area contributed by atoms with Crippen LogP contribution in [-0.4, -0.2) is 26.8 Å². The molecule has 0 bridgehead atoms. The van der Waals surface area contributed by atoms with Crippen molar-refractivity contribution in [3.05, 3.63) is 45.9 Å². The maximum atomic E-state index is 12.5. The van der Waals surface area contributed by atoms with E-state index in [-0.39, 0.29) is 12.2 Å². The summed E-state index contributed by atoms with van der Waals surface area (Å²) in [5.41, 5.74) is 2.24. The van der Waals surface area contributed by atoms with E-state index in [0.29, 0.717) is 22.1 Å². The Labute approximate surface area is 120 Å². The molecule has 0 saturated carbocycles. The van der Waals surface area contributed by atoms with Crippen LogP contribution < -0.4 is 5.56 Å². The van der Waals surface area contributed by atoms with Crippen molar-refractivity contribution >= 4 is 22.5 Å². The van der Waals surface area contributed by atoms with Crippen molar-refractivity contribution in [2.75, 3.05) is 6.61 Å². The molecule has 0 amide bonds. The van der Waals surface area contributed by atoms with Crippen molar-refractivity contribution in [1.82, 2.24) is 14.2 Å². The zero-order valence-electron chi connectivity index (χ0n) is 12.1. The predicted molar refractivity (Wildman–Crippen MR) is 78.6 cm³/mol. The third-order valence-corrected chi connectivity index (χ3v) is 3.47. The van der Waals surface area contributed by atoms with Gasteiger partial charge in [0.05, 0.1) is 23.7 Å². The summed E-state index contributed by atoms with van der Waals surface area (Å²) in [4.78, 5) is 24.5. The van der Waals surface area contributed by atoms with E-state index in [9.17, 15) is 9.59 Å². The third-order valence-electron chi connectivity index (χ3n) is 3.47. The first-order valence-corrected chi connectivity index (χ1v) is 6.68. The zero-order chi connectivity index (χ0) is 15.1. The van der Waals surface area contributed by atoms with E-state index < -0.39 is 5.97 Å². The molecule has 3 aromatic rings. The van der Waals surface area contributed by atoms with Crippen molar-refractivity contribution in [3.8, 4) is 0 Å². The number of aromatic nitrogens is 3. The lowest BCUT2D eigenvalue weighted by Crippen LogP contribution is -2.21. The molecule has 21 heavy (non-hydrogen) atoms. The molecule has 3 rings (SSSR count). The molecule has 0 atom stereocenters. The molecule has 0 unspecified atom stereocenters. The van der Waals surface area contributed by atoms with E-state index in [1.807, 2.05) is 25.1 Å². The second kappa shape index (κ2) is 4.73. The van der Waals surface area contributed by atoms with Gasteiger partial charge in [0, 0.05) is 7.05 Å². The lowest BCUT2D eigenvalue weighted by Gasteiger charge is -2.08. The standard InChI is InChI=1S/C15H15N3O3/c1-4-21-15(20)11-8-16-18-12-6-5-9(2)7-10(12)14(19)17(3)13(11)18/h5-8H,4H2,1-3H3. The summed E-state index contributed by atoms with van der Waals surface area (Å²) in [7, 11) is 1.63. The van der Waals surface area contributed by atoms with Gasteiger partial charge in [-0.3, -0.25) is 9.36 Å². The van der Waals surface area contributed by atoms with Crippen LogP contribution in [0.2, 0.25) is 0 Å². The molecule has 0 saturated heterocycles. The number of benzene rings is 1. The maximum absolute atomic E-state index is 12.5. The summed E-state index contributed by atoms with van der Waals surface area (Å²) in [6.07, 6.45) is 1.44. The Bertz CT molecular complexity index is 921. The molecule has 0 spiro atoms. The number of rotatable bonds is 2. The molecular weight excluding hydrogens is 270 g/mol. The zero-order valence-corrected chi connectivity index (χ0v) is 12.1. The lowest BCUT2D eigenvalue weighted by molar-refractivity contribution is 0.0528. The molecule has 108 valence electrons. The Morgan fingerprint density at radius 1 is 1.38 bits per heavy atom. The van der Waals surface area contributed by atoms with Gasteiger partial charge >= 0.3 is 5.97 Å². The minimum atomic E-state index is -0.478. The van der Waals surface area contributed by atoms with E-state index in [2.05, 4.69) is 5.10 Å². The molecule has 1 aromatic carbocycles. The molecule has 0 radical (unpaired) electrons. The van der Waals surface area contributed by atoms with E-state index in [4.69, 9.17) is 4.74 Å². The fraction of sp³-hybridized carbons (Fsp3) is 0.267. The van der Waals surface area contributed by atoms with Crippen LogP contribution in [0.3, 0.4) is 0 Å². The highest BCUT2D eigenvalue weighted by molar-refractivity contribution is 5.97. The van der Waals surface area contributed by atoms with Crippen LogP contribution in [0.15, 0.2) is 29.2 Å². The summed E-state index contributed by atoms with van der Waals surface area (Å²) in [6.45, 7) is 3.94. The molecule has 0 N–H and O–H groups in total. The van der Waals surface area contributed by atoms with E-state index in [1.54, 1.807) is 18.5 Å². The Kier molecular flexibility index (Phi) is 3.01. The quantitative estimate of drug-likeness (QED) is 0.672. The summed E-state index contributed by atoms with van der Waals surface area (Å²) in [6, 6.07) is 5.57. The van der Waals surface area contributed by atoms with E-state index in [0.717, 1.165) is 5.56 Å². The van der Waals surface area contributed by atoms with Gasteiger partial charge in [-0.2, -0.15) is 5.10 Å². The molecular formula is C15H15N3O3. The molecule has 2 aromatic heterocycles. The van der Waals surface area contributed by atoms with Crippen LogP contribution in [0, 0.1) is 6.92 Å². The normalized spacial score (nSPS) is 11.2. The monoisotopic (exact) mass is 285 g/mol. The topological polar surface area (TPSA) is 65.6 Å². The molecule has 2 heterocycles. The van der Waals surface area contributed by atoms with Crippen molar-refractivity contribution in [3.63, 3.8) is 0 Å². The second-order valence-electron chi connectivity index (χ2n) is 4.90. The molecule has 0 aliphatic rings. The number of hydrogen-bond acceptors (Lipinski definition) is 4. The van der Waals surface area contributed by atoms with Crippen molar-refractivity contribution < 1.29 is 9.53 Å². The number of carbonyl (C=O) groups is 1. The van der Waals surface area contributed by atoms with Gasteiger partial charge in [0.25, 0.3) is 5.56 Å². The van der Waals surface area contributed by atoms with Gasteiger partial charge in [0.1, 0.15) is 5.56 Å². The van der Waals surface area contributed by atoms with Crippen LogP contribution in [0.25, 0.3) is 16.6 Å². The highest BCUT2D eigenvalue weighted by Crippen LogP contribution is 2.17. The first-order chi connectivity index (χ1) is 10.0. The summed E-state index contributed by atoms with van der Waals surface area (Å²) < 4.78 is 8.04. The second-order valence-corrected chi connectivity index (χ2v) is 4.90. The number of ether oxygens (including phenoxy) is 1. The minimum Gasteiger partial charge on any atom is -0.462 e. The van der Waals surface area contributed by atoms with Gasteiger partial charge in [-0.15, -0.1) is 0 Å². The van der Waals surface area contributed by atoms with Crippen molar-refractivity contribution in [2.24, 2.45) is 7.05 Å². The third kappa shape index (κ3) is 1.91. The average Bonchev–Trinajstić information content (AvgIpc) is 2.90. The van der Waals surface area contributed by atoms with E-state index >= 15 is 0 Å². The highest BCUT2D eigenvalue weighted by atomic mass is 16.5. The van der Waals surface area contributed by atoms with Crippen LogP contribution >= 0.6 is 0 Å². The van der Waals surface area contributed by atoms with Crippen LogP contribution in [0.1, 0.15) is 22.8 Å². The Morgan fingerprint density at radius 2 is 2.14 bits per heavy atom. The number of fused-ring (bicyclic) bond motifs is 3. The molecule has 6 nitrogen and oxygen atoms in total. The van der Waals surface area contributed by atoms with E-state index in [1.165, 1.54) is 10.8 Å². The van der Waals surface area contributed by atoms with Crippen molar-refractivity contribution in [1.29, 1.82) is 0 Å². The number of nitrogens with zero attached hydrogens (tertiary/aromatic N) is 3. The van der Waals surface area contributed by atoms with Crippen LogP contribution in [0.5, 0.6) is 0 Å². The van der Waals surface area contributed by atoms with Crippen LogP contribution in [0.4, 0.5) is 0 Å². The first-order valence-electron chi connectivity index (χ1n) is 6.68. The Morgan fingerprint density at radius 3 is 2.86 bits per heavy atom. The largest absolute Gasteiger partial charge is 0.462 e. The summed E-state index contributed by atoms with van der Waals surface area (Å²) in [5, 5.41) is 4.81. The van der Waals surface area contributed by atoms with Gasteiger partial charge in [-0.1, -0.05) is 11.6 Å². The SMILES string of the molecule is CCOC(=O)c1cnn2c3ccc(C)cc3c(=O)n(C)c12. The van der Waals surface area contributed by atoms with Gasteiger partial charge in [0.15, 0.2) is 5.65 Å². The fourth-order valence-corrected chi connectivity index (χ4v) is 2.48. The van der Waals surface area contributed by atoms with Gasteiger partial charge in [-0.25, -0.2) is 9.31 Å². The predicted octanol–water partition coefficient (Wildman–Crippen LogP) is 1.67. The summed E-state index contributed by atoms with van der Waals surface area (Å²) >= 11 is 0. The highest BCUT2D eigenvalue weighted by Gasteiger charge is 2.19. The molecule has 0 aliphatic heterocycles. The van der Waals surface area contributed by atoms with Gasteiger partial charge < -0.3 is 4.74 Å².